The zero-order valence-electron chi connectivity index (χ0n) is 21.5. The van der Waals surface area contributed by atoms with E-state index < -0.39 is 48.2 Å². The molecule has 0 radical (unpaired) electrons. The Kier molecular flexibility index (Phi) is 8.49. The summed E-state index contributed by atoms with van der Waals surface area (Å²) in [6.45, 7) is 0.296. The Morgan fingerprint density at radius 2 is 1.80 bits per heavy atom. The monoisotopic (exact) mass is 551 g/mol. The first-order chi connectivity index (χ1) is 19.1. The minimum atomic E-state index is -1.66. The number of imidazole rings is 2. The molecule has 2 aromatic heterocycles. The van der Waals surface area contributed by atoms with Crippen molar-refractivity contribution >= 4 is 29.0 Å². The van der Waals surface area contributed by atoms with Crippen LogP contribution in [0.1, 0.15) is 24.0 Å². The summed E-state index contributed by atoms with van der Waals surface area (Å²) in [6, 6.07) is 14.0. The highest BCUT2D eigenvalue weighted by Crippen LogP contribution is 2.17. The number of H-pyrrole nitrogens is 2. The van der Waals surface area contributed by atoms with Crippen molar-refractivity contribution in [3.05, 3.63) is 82.2 Å². The van der Waals surface area contributed by atoms with Gasteiger partial charge in [-0.25, -0.2) is 24.4 Å². The van der Waals surface area contributed by atoms with Crippen LogP contribution in [0.3, 0.4) is 0 Å². The Morgan fingerprint density at radius 3 is 2.48 bits per heavy atom. The standard InChI is InChI=1S/C26H29N7O7/c1-15(34)32(13-21(24(36)37)31-26(39)40-14-16-7-3-2-4-8-16)33-23(35)20(30-25(33)38)11-17(27)12-22-28-18-9-5-6-10-19(18)29-22/h2-10,17,21,35H,11-14,27H2,1H3,(H,28,29)(H,30,38)(H,31,39)(H,36,37)/t17?,21-/m0/s1. The molecule has 2 heterocycles. The third-order valence-corrected chi connectivity index (χ3v) is 6.04. The maximum Gasteiger partial charge on any atom is 0.408 e. The molecule has 4 aromatic rings. The van der Waals surface area contributed by atoms with E-state index in [-0.39, 0.29) is 18.7 Å². The number of nitrogens with one attached hydrogen (secondary N) is 3. The number of carboxylic acid groups (broad SMARTS) is 1. The zero-order valence-corrected chi connectivity index (χ0v) is 21.5. The molecular weight excluding hydrogens is 522 g/mol. The van der Waals surface area contributed by atoms with Crippen LogP contribution in [0.25, 0.3) is 11.0 Å². The molecular formula is C26H29N7O7. The lowest BCUT2D eigenvalue weighted by atomic mass is 10.1. The summed E-state index contributed by atoms with van der Waals surface area (Å²) in [4.78, 5) is 59.4. The normalized spacial score (nSPS) is 12.6. The molecule has 0 aliphatic rings. The van der Waals surface area contributed by atoms with E-state index in [9.17, 15) is 29.4 Å². The maximum atomic E-state index is 12.7. The Morgan fingerprint density at radius 1 is 1.10 bits per heavy atom. The van der Waals surface area contributed by atoms with Gasteiger partial charge in [-0.15, -0.1) is 0 Å². The lowest BCUT2D eigenvalue weighted by molar-refractivity contribution is -0.139. The van der Waals surface area contributed by atoms with Crippen LogP contribution in [0.15, 0.2) is 59.4 Å². The largest absolute Gasteiger partial charge is 0.492 e. The number of benzene rings is 2. The van der Waals surface area contributed by atoms with Gasteiger partial charge in [0.05, 0.1) is 23.3 Å². The lowest BCUT2D eigenvalue weighted by Crippen LogP contribution is -2.55. The fraction of sp³-hybridized carbons (Fsp3) is 0.269. The number of carbonyl (C=O) groups excluding carboxylic acids is 2. The predicted molar refractivity (Wildman–Crippen MR) is 143 cm³/mol. The fourth-order valence-electron chi connectivity index (χ4n) is 4.13. The van der Waals surface area contributed by atoms with Gasteiger partial charge >= 0.3 is 17.8 Å². The van der Waals surface area contributed by atoms with Crippen molar-refractivity contribution in [1.82, 2.24) is 24.9 Å². The van der Waals surface area contributed by atoms with Gasteiger partial charge in [-0.1, -0.05) is 42.5 Å². The maximum absolute atomic E-state index is 12.7. The summed E-state index contributed by atoms with van der Waals surface area (Å²) in [5, 5.41) is 23.3. The van der Waals surface area contributed by atoms with E-state index in [1.807, 2.05) is 24.3 Å². The second kappa shape index (κ2) is 12.2. The van der Waals surface area contributed by atoms with Crippen LogP contribution in [0.2, 0.25) is 0 Å². The predicted octanol–water partition coefficient (Wildman–Crippen LogP) is 0.735. The molecule has 0 aliphatic carbocycles. The molecule has 0 saturated carbocycles. The number of fused-ring (bicyclic) bond motifs is 1. The molecule has 0 bridgehead atoms. The van der Waals surface area contributed by atoms with Gasteiger partial charge in [0.25, 0.3) is 0 Å². The van der Waals surface area contributed by atoms with E-state index in [0.29, 0.717) is 27.5 Å². The first-order valence-corrected chi connectivity index (χ1v) is 12.3. The van der Waals surface area contributed by atoms with E-state index >= 15 is 0 Å². The molecule has 7 N–H and O–H groups in total. The Balaban J connectivity index is 1.45. The van der Waals surface area contributed by atoms with Crippen molar-refractivity contribution in [2.24, 2.45) is 5.73 Å². The third-order valence-electron chi connectivity index (χ3n) is 6.04. The number of hydrogen-bond acceptors (Lipinski definition) is 8. The quantitative estimate of drug-likeness (QED) is 0.155. The van der Waals surface area contributed by atoms with Gasteiger partial charge < -0.3 is 36.0 Å². The van der Waals surface area contributed by atoms with Crippen LogP contribution in [0, 0.1) is 0 Å². The number of rotatable bonds is 11. The molecule has 0 saturated heterocycles. The molecule has 0 spiro atoms. The number of ether oxygens (including phenoxy) is 1. The molecule has 2 atom stereocenters. The van der Waals surface area contributed by atoms with Gasteiger partial charge in [0.15, 0.2) is 0 Å². The summed E-state index contributed by atoms with van der Waals surface area (Å²) in [6.07, 6.45) is -0.723. The zero-order chi connectivity index (χ0) is 28.8. The van der Waals surface area contributed by atoms with E-state index in [2.05, 4.69) is 20.3 Å². The van der Waals surface area contributed by atoms with Crippen molar-refractivity contribution in [3.8, 4) is 5.88 Å². The fourth-order valence-corrected chi connectivity index (χ4v) is 4.13. The van der Waals surface area contributed by atoms with Crippen molar-refractivity contribution in [2.45, 2.75) is 38.5 Å². The third kappa shape index (κ3) is 6.66. The number of alkyl carbamates (subject to hydrolysis) is 1. The van der Waals surface area contributed by atoms with Gasteiger partial charge in [0, 0.05) is 25.8 Å². The first kappa shape index (κ1) is 27.9. The van der Waals surface area contributed by atoms with Crippen LogP contribution < -0.4 is 21.7 Å². The van der Waals surface area contributed by atoms with Crippen LogP contribution in [0.5, 0.6) is 5.88 Å². The highest BCUT2D eigenvalue weighted by molar-refractivity contribution is 5.86. The van der Waals surface area contributed by atoms with Crippen LogP contribution in [0.4, 0.5) is 4.79 Å². The van der Waals surface area contributed by atoms with E-state index in [1.165, 1.54) is 0 Å². The van der Waals surface area contributed by atoms with Gasteiger partial charge in [-0.3, -0.25) is 4.79 Å². The van der Waals surface area contributed by atoms with E-state index in [4.69, 9.17) is 10.5 Å². The number of amides is 2. The van der Waals surface area contributed by atoms with Crippen molar-refractivity contribution in [3.63, 3.8) is 0 Å². The number of carboxylic acids is 1. The number of aliphatic carboxylic acids is 1. The number of para-hydroxylation sites is 2. The second-order valence-electron chi connectivity index (χ2n) is 9.11. The molecule has 210 valence electrons. The molecule has 0 aliphatic heterocycles. The summed E-state index contributed by atoms with van der Waals surface area (Å²) in [7, 11) is 0. The van der Waals surface area contributed by atoms with Gasteiger partial charge in [0.2, 0.25) is 11.8 Å². The SMILES string of the molecule is CC(=O)N(C[C@H](NC(=O)OCc1ccccc1)C(=O)O)n1c(O)c(CC(N)Cc2nc3ccccc3[nH]2)[nH]c1=O. The summed E-state index contributed by atoms with van der Waals surface area (Å²) < 4.78 is 5.67. The number of carbonyl (C=O) groups is 3. The number of nitrogens with zero attached hydrogens (tertiary/aromatic N) is 3. The Bertz CT molecular complexity index is 1530. The summed E-state index contributed by atoms with van der Waals surface area (Å²) >= 11 is 0. The highest BCUT2D eigenvalue weighted by atomic mass is 16.5. The number of aromatic amines is 2. The molecule has 0 fully saturated rings. The first-order valence-electron chi connectivity index (χ1n) is 12.3. The van der Waals surface area contributed by atoms with Crippen molar-refractivity contribution in [2.75, 3.05) is 11.6 Å². The van der Waals surface area contributed by atoms with E-state index in [0.717, 1.165) is 18.0 Å². The van der Waals surface area contributed by atoms with Gasteiger partial charge in [-0.05, 0) is 17.7 Å². The Labute approximate surface area is 227 Å². The Hall–Kier alpha value is -5.11. The second-order valence-corrected chi connectivity index (χ2v) is 9.11. The van der Waals surface area contributed by atoms with Crippen molar-refractivity contribution in [1.29, 1.82) is 0 Å². The molecule has 14 heteroatoms. The van der Waals surface area contributed by atoms with Crippen molar-refractivity contribution < 1.29 is 29.3 Å². The molecule has 4 rings (SSSR count). The molecule has 2 amide bonds. The summed E-state index contributed by atoms with van der Waals surface area (Å²) in [5.74, 6) is -2.25. The van der Waals surface area contributed by atoms with Gasteiger partial charge in [0.1, 0.15) is 18.5 Å². The number of hydrogen-bond donors (Lipinski definition) is 6. The average Bonchev–Trinajstić information content (AvgIpc) is 3.44. The van der Waals surface area contributed by atoms with Crippen LogP contribution in [-0.2, 0) is 33.8 Å². The highest BCUT2D eigenvalue weighted by Gasteiger charge is 2.30. The number of aromatic nitrogens is 4. The molecule has 1 unspecified atom stereocenters. The van der Waals surface area contributed by atoms with E-state index in [1.54, 1.807) is 30.3 Å². The lowest BCUT2D eigenvalue weighted by Gasteiger charge is -2.25. The number of nitrogens with two attached hydrogens (primary N) is 1. The number of aromatic hydroxyl groups is 1. The van der Waals surface area contributed by atoms with Crippen LogP contribution in [-0.4, -0.2) is 66.4 Å². The smallest absolute Gasteiger partial charge is 0.408 e. The van der Waals surface area contributed by atoms with Gasteiger partial charge in [-0.2, -0.15) is 4.68 Å². The molecule has 40 heavy (non-hydrogen) atoms. The average molecular weight is 552 g/mol. The minimum Gasteiger partial charge on any atom is -0.492 e. The molecule has 2 aromatic carbocycles. The molecule has 14 nitrogen and oxygen atoms in total. The summed E-state index contributed by atoms with van der Waals surface area (Å²) in [5.41, 5.74) is 7.70. The topological polar surface area (TPSA) is 209 Å². The van der Waals surface area contributed by atoms with Crippen LogP contribution >= 0.6 is 0 Å². The minimum absolute atomic E-state index is 0.0171.